The van der Waals surface area contributed by atoms with E-state index in [9.17, 15) is 14.4 Å². The lowest BCUT2D eigenvalue weighted by molar-refractivity contribution is -0.138. The summed E-state index contributed by atoms with van der Waals surface area (Å²) in [4.78, 5) is 36.1. The van der Waals surface area contributed by atoms with Crippen LogP contribution in [0.3, 0.4) is 0 Å². The van der Waals surface area contributed by atoms with Crippen molar-refractivity contribution in [1.29, 1.82) is 0 Å². The molecule has 2 amide bonds. The molecule has 0 heterocycles. The van der Waals surface area contributed by atoms with Crippen LogP contribution in [-0.2, 0) is 14.3 Å². The van der Waals surface area contributed by atoms with Crippen LogP contribution in [0.5, 0.6) is 0 Å². The number of hydrogen-bond acceptors (Lipinski definition) is 4. The number of alkyl carbamates (subject to hydrolysis) is 1. The maximum atomic E-state index is 12.6. The molecule has 0 aromatic heterocycles. The molecule has 178 valence electrons. The topological polar surface area (TPSA) is 105 Å². The van der Waals surface area contributed by atoms with Crippen molar-refractivity contribution in [3.8, 4) is 11.1 Å². The zero-order chi connectivity index (χ0) is 23.7. The first-order chi connectivity index (χ1) is 16.4. The van der Waals surface area contributed by atoms with Gasteiger partial charge in [0.25, 0.3) is 0 Å². The van der Waals surface area contributed by atoms with Crippen molar-refractivity contribution in [2.24, 2.45) is 5.92 Å². The number of hydrogen-bond donors (Lipinski definition) is 3. The third kappa shape index (κ3) is 4.79. The van der Waals surface area contributed by atoms with Gasteiger partial charge in [-0.1, -0.05) is 48.5 Å². The highest BCUT2D eigenvalue weighted by atomic mass is 16.5. The molecule has 2 fully saturated rings. The summed E-state index contributed by atoms with van der Waals surface area (Å²) in [5.41, 5.74) is 4.15. The van der Waals surface area contributed by atoms with Crippen molar-refractivity contribution in [2.75, 3.05) is 6.61 Å². The zero-order valence-corrected chi connectivity index (χ0v) is 19.1. The van der Waals surface area contributed by atoms with Crippen LogP contribution in [0.25, 0.3) is 11.1 Å². The molecule has 0 aliphatic heterocycles. The predicted molar refractivity (Wildman–Crippen MR) is 126 cm³/mol. The fourth-order valence-electron chi connectivity index (χ4n) is 5.57. The van der Waals surface area contributed by atoms with Crippen LogP contribution in [0.4, 0.5) is 4.79 Å². The average molecular weight is 463 g/mol. The normalized spacial score (nSPS) is 21.9. The monoisotopic (exact) mass is 462 g/mol. The van der Waals surface area contributed by atoms with Gasteiger partial charge in [-0.3, -0.25) is 9.59 Å². The number of carbonyl (C=O) groups excluding carboxylic acids is 2. The molecule has 5 rings (SSSR count). The molecule has 2 aromatic rings. The Balaban J connectivity index is 1.12. The van der Waals surface area contributed by atoms with Crippen LogP contribution < -0.4 is 10.6 Å². The zero-order valence-electron chi connectivity index (χ0n) is 19.1. The number of carboxylic acid groups (broad SMARTS) is 1. The molecular formula is C27H30N2O5. The fourth-order valence-corrected chi connectivity index (χ4v) is 5.57. The first kappa shape index (κ1) is 22.4. The Bertz CT molecular complexity index is 1060. The molecule has 3 aliphatic carbocycles. The van der Waals surface area contributed by atoms with E-state index in [1.54, 1.807) is 0 Å². The third-order valence-corrected chi connectivity index (χ3v) is 7.43. The third-order valence-electron chi connectivity index (χ3n) is 7.43. The van der Waals surface area contributed by atoms with Gasteiger partial charge in [0, 0.05) is 24.8 Å². The summed E-state index contributed by atoms with van der Waals surface area (Å²) >= 11 is 0. The van der Waals surface area contributed by atoms with E-state index in [0.29, 0.717) is 6.42 Å². The Hall–Kier alpha value is -3.35. The summed E-state index contributed by atoms with van der Waals surface area (Å²) in [6, 6.07) is 16.4. The molecule has 0 bridgehead atoms. The summed E-state index contributed by atoms with van der Waals surface area (Å²) in [6.07, 6.45) is 3.70. The molecule has 0 spiro atoms. The van der Waals surface area contributed by atoms with Crippen molar-refractivity contribution in [2.45, 2.75) is 62.4 Å². The van der Waals surface area contributed by atoms with Crippen LogP contribution >= 0.6 is 0 Å². The van der Waals surface area contributed by atoms with E-state index < -0.39 is 17.6 Å². The summed E-state index contributed by atoms with van der Waals surface area (Å²) < 4.78 is 5.64. The maximum absolute atomic E-state index is 12.6. The molecule has 2 saturated carbocycles. The van der Waals surface area contributed by atoms with Crippen molar-refractivity contribution in [3.05, 3.63) is 59.7 Å². The Labute approximate surface area is 198 Å². The maximum Gasteiger partial charge on any atom is 0.407 e. The lowest BCUT2D eigenvalue weighted by Crippen LogP contribution is -2.43. The Kier molecular flexibility index (Phi) is 6.02. The van der Waals surface area contributed by atoms with Gasteiger partial charge in [-0.15, -0.1) is 0 Å². The molecule has 34 heavy (non-hydrogen) atoms. The van der Waals surface area contributed by atoms with E-state index in [0.717, 1.165) is 36.8 Å². The highest BCUT2D eigenvalue weighted by Gasteiger charge is 2.46. The van der Waals surface area contributed by atoms with Crippen LogP contribution in [0.15, 0.2) is 48.5 Å². The minimum Gasteiger partial charge on any atom is -0.481 e. The lowest BCUT2D eigenvalue weighted by atomic mass is 9.98. The number of carbonyl (C=O) groups is 3. The van der Waals surface area contributed by atoms with Gasteiger partial charge in [0.1, 0.15) is 6.61 Å². The number of nitrogens with one attached hydrogen (secondary N) is 2. The summed E-state index contributed by atoms with van der Waals surface area (Å²) in [6.45, 7) is 0.245. The smallest absolute Gasteiger partial charge is 0.407 e. The number of rotatable bonds is 8. The molecule has 0 saturated heterocycles. The second kappa shape index (κ2) is 9.12. The van der Waals surface area contributed by atoms with Crippen LogP contribution in [0.1, 0.15) is 62.0 Å². The van der Waals surface area contributed by atoms with Gasteiger partial charge < -0.3 is 20.5 Å². The minimum atomic E-state index is -0.791. The van der Waals surface area contributed by atoms with Gasteiger partial charge >= 0.3 is 12.1 Å². The minimum absolute atomic E-state index is 0.00211. The summed E-state index contributed by atoms with van der Waals surface area (Å²) in [5, 5.41) is 14.9. The van der Waals surface area contributed by atoms with E-state index >= 15 is 0 Å². The van der Waals surface area contributed by atoms with Gasteiger partial charge in [-0.25, -0.2) is 4.79 Å². The molecular weight excluding hydrogens is 432 g/mol. The number of benzene rings is 2. The summed E-state index contributed by atoms with van der Waals surface area (Å²) in [5.74, 6) is -0.770. The molecule has 3 N–H and O–H groups in total. The predicted octanol–water partition coefficient (Wildman–Crippen LogP) is 4.21. The standard InChI is InChI=1S/C27H30N2O5/c30-24(28-18-10-9-17(13-18)14-25(31)32)15-27(11-12-27)29-26(33)34-16-23-21-7-3-1-5-19(21)20-6-2-4-8-22(20)23/h1-8,17-18,23H,9-16H2,(H,28,30)(H,29,33)(H,31,32). The van der Waals surface area contributed by atoms with Crippen molar-refractivity contribution in [1.82, 2.24) is 10.6 Å². The summed E-state index contributed by atoms with van der Waals surface area (Å²) in [7, 11) is 0. The van der Waals surface area contributed by atoms with Crippen molar-refractivity contribution in [3.63, 3.8) is 0 Å². The number of fused-ring (bicyclic) bond motifs is 3. The fraction of sp³-hybridized carbons (Fsp3) is 0.444. The van der Waals surface area contributed by atoms with E-state index in [4.69, 9.17) is 9.84 Å². The molecule has 7 nitrogen and oxygen atoms in total. The largest absolute Gasteiger partial charge is 0.481 e. The van der Waals surface area contributed by atoms with Gasteiger partial charge in [0.05, 0.1) is 5.54 Å². The molecule has 2 aromatic carbocycles. The lowest BCUT2D eigenvalue weighted by Gasteiger charge is -2.20. The van der Waals surface area contributed by atoms with Crippen LogP contribution in [0, 0.1) is 5.92 Å². The number of aliphatic carboxylic acids is 1. The van der Waals surface area contributed by atoms with E-state index in [1.807, 2.05) is 24.3 Å². The van der Waals surface area contributed by atoms with Crippen LogP contribution in [-0.4, -0.2) is 41.3 Å². The Morgan fingerprint density at radius 3 is 2.24 bits per heavy atom. The van der Waals surface area contributed by atoms with E-state index in [2.05, 4.69) is 34.9 Å². The Morgan fingerprint density at radius 1 is 0.971 bits per heavy atom. The van der Waals surface area contributed by atoms with Gasteiger partial charge in [-0.2, -0.15) is 0 Å². The second-order valence-electron chi connectivity index (χ2n) is 9.95. The first-order valence-corrected chi connectivity index (χ1v) is 12.1. The van der Waals surface area contributed by atoms with Crippen molar-refractivity contribution >= 4 is 18.0 Å². The van der Waals surface area contributed by atoms with E-state index in [1.165, 1.54) is 11.1 Å². The molecule has 2 unspecified atom stereocenters. The number of amides is 2. The van der Waals surface area contributed by atoms with Crippen molar-refractivity contribution < 1.29 is 24.2 Å². The van der Waals surface area contributed by atoms with Gasteiger partial charge in [-0.05, 0) is 60.3 Å². The van der Waals surface area contributed by atoms with Gasteiger partial charge in [0.15, 0.2) is 0 Å². The Morgan fingerprint density at radius 2 is 1.62 bits per heavy atom. The van der Waals surface area contributed by atoms with Crippen LogP contribution in [0.2, 0.25) is 0 Å². The number of ether oxygens (including phenoxy) is 1. The highest BCUT2D eigenvalue weighted by molar-refractivity contribution is 5.81. The SMILES string of the molecule is O=C(O)CC1CCC(NC(=O)CC2(NC(=O)OCC3c4ccccc4-c4ccccc43)CC2)C1. The second-order valence-corrected chi connectivity index (χ2v) is 9.95. The molecule has 3 aliphatic rings. The number of carboxylic acids is 1. The molecule has 0 radical (unpaired) electrons. The highest BCUT2D eigenvalue weighted by Crippen LogP contribution is 2.44. The molecule has 2 atom stereocenters. The quantitative estimate of drug-likeness (QED) is 0.545. The van der Waals surface area contributed by atoms with Gasteiger partial charge in [0.2, 0.25) is 5.91 Å². The average Bonchev–Trinajstić information content (AvgIpc) is 3.27. The first-order valence-electron chi connectivity index (χ1n) is 12.1. The molecule has 7 heteroatoms. The van der Waals surface area contributed by atoms with E-state index in [-0.39, 0.29) is 43.2 Å².